The van der Waals surface area contributed by atoms with Crippen LogP contribution in [0.1, 0.15) is 28.8 Å². The summed E-state index contributed by atoms with van der Waals surface area (Å²) in [5, 5.41) is 7.35. The van der Waals surface area contributed by atoms with E-state index in [2.05, 4.69) is 15.4 Å². The molecule has 0 aromatic heterocycles. The summed E-state index contributed by atoms with van der Waals surface area (Å²) >= 11 is 0. The number of carbonyl (C=O) groups excluding carboxylic acids is 2. The molecular formula is C23H20F2N2O3. The first kappa shape index (κ1) is 19.8. The van der Waals surface area contributed by atoms with Crippen molar-refractivity contribution in [3.05, 3.63) is 71.8 Å². The lowest BCUT2D eigenvalue weighted by Gasteiger charge is -2.14. The predicted octanol–water partition coefficient (Wildman–Crippen LogP) is 4.72. The molecule has 0 bridgehead atoms. The highest BCUT2D eigenvalue weighted by molar-refractivity contribution is 6.08. The van der Waals surface area contributed by atoms with Crippen molar-refractivity contribution < 1.29 is 23.1 Å². The predicted molar refractivity (Wildman–Crippen MR) is 110 cm³/mol. The number of hydrogen-bond acceptors (Lipinski definition) is 3. The molecule has 0 radical (unpaired) electrons. The van der Waals surface area contributed by atoms with E-state index < -0.39 is 12.5 Å². The zero-order valence-corrected chi connectivity index (χ0v) is 16.0. The number of nitrogens with one attached hydrogen (secondary N) is 2. The van der Waals surface area contributed by atoms with Crippen LogP contribution >= 0.6 is 0 Å². The fraction of sp³-hybridized carbons (Fsp3) is 0.217. The van der Waals surface area contributed by atoms with Gasteiger partial charge in [-0.1, -0.05) is 42.5 Å². The fourth-order valence-electron chi connectivity index (χ4n) is 3.24. The minimum Gasteiger partial charge on any atom is -0.434 e. The van der Waals surface area contributed by atoms with Crippen LogP contribution in [0.2, 0.25) is 0 Å². The number of rotatable bonds is 7. The molecule has 1 fully saturated rings. The first-order valence-corrected chi connectivity index (χ1v) is 9.66. The van der Waals surface area contributed by atoms with Gasteiger partial charge in [0, 0.05) is 18.0 Å². The van der Waals surface area contributed by atoms with Crippen molar-refractivity contribution in [3.8, 4) is 5.75 Å². The molecule has 0 spiro atoms. The molecule has 30 heavy (non-hydrogen) atoms. The van der Waals surface area contributed by atoms with Crippen LogP contribution < -0.4 is 15.4 Å². The molecule has 0 heterocycles. The number of alkyl halides is 2. The lowest BCUT2D eigenvalue weighted by Crippen LogP contribution is -2.25. The summed E-state index contributed by atoms with van der Waals surface area (Å²) in [6.45, 7) is -2.95. The van der Waals surface area contributed by atoms with Crippen molar-refractivity contribution in [1.29, 1.82) is 0 Å². The van der Waals surface area contributed by atoms with E-state index in [1.807, 2.05) is 24.3 Å². The Morgan fingerprint density at radius 3 is 2.37 bits per heavy atom. The highest BCUT2D eigenvalue weighted by Crippen LogP contribution is 2.32. The molecule has 0 atom stereocenters. The Morgan fingerprint density at radius 1 is 1.00 bits per heavy atom. The Bertz CT molecular complexity index is 1100. The third-order valence-corrected chi connectivity index (χ3v) is 4.96. The third-order valence-electron chi connectivity index (χ3n) is 4.96. The summed E-state index contributed by atoms with van der Waals surface area (Å²) < 4.78 is 29.7. The number of benzene rings is 3. The number of anilines is 1. The second kappa shape index (κ2) is 8.49. The maximum Gasteiger partial charge on any atom is 0.387 e. The Morgan fingerprint density at radius 2 is 1.67 bits per heavy atom. The average molecular weight is 410 g/mol. The van der Waals surface area contributed by atoms with Gasteiger partial charge in [-0.15, -0.1) is 0 Å². The molecule has 3 aromatic carbocycles. The number of halogens is 2. The first-order valence-electron chi connectivity index (χ1n) is 9.66. The van der Waals surface area contributed by atoms with E-state index in [-0.39, 0.29) is 24.1 Å². The topological polar surface area (TPSA) is 67.4 Å². The zero-order valence-electron chi connectivity index (χ0n) is 16.0. The molecule has 4 rings (SSSR count). The second-order valence-corrected chi connectivity index (χ2v) is 7.18. The van der Waals surface area contributed by atoms with Crippen LogP contribution in [0.3, 0.4) is 0 Å². The molecule has 1 aliphatic rings. The van der Waals surface area contributed by atoms with E-state index in [1.165, 1.54) is 6.07 Å². The molecule has 1 aliphatic carbocycles. The lowest BCUT2D eigenvalue weighted by molar-refractivity contribution is -0.117. The van der Waals surface area contributed by atoms with Crippen LogP contribution in [0.4, 0.5) is 14.5 Å². The largest absolute Gasteiger partial charge is 0.434 e. The van der Waals surface area contributed by atoms with E-state index in [4.69, 9.17) is 0 Å². The van der Waals surface area contributed by atoms with Gasteiger partial charge < -0.3 is 15.4 Å². The maximum absolute atomic E-state index is 12.9. The van der Waals surface area contributed by atoms with Crippen molar-refractivity contribution >= 4 is 28.3 Å². The average Bonchev–Trinajstić information content (AvgIpc) is 3.57. The lowest BCUT2D eigenvalue weighted by atomic mass is 10.0. The normalized spacial score (nSPS) is 13.3. The van der Waals surface area contributed by atoms with Gasteiger partial charge in [0.2, 0.25) is 5.91 Å². The molecule has 1 saturated carbocycles. The van der Waals surface area contributed by atoms with Crippen molar-refractivity contribution in [2.75, 3.05) is 5.32 Å². The monoisotopic (exact) mass is 410 g/mol. The number of ether oxygens (including phenoxy) is 1. The Hall–Kier alpha value is -3.48. The van der Waals surface area contributed by atoms with Crippen molar-refractivity contribution in [2.24, 2.45) is 5.92 Å². The number of carbonyl (C=O) groups is 2. The van der Waals surface area contributed by atoms with Gasteiger partial charge in [-0.05, 0) is 41.8 Å². The highest BCUT2D eigenvalue weighted by Gasteiger charge is 2.30. The van der Waals surface area contributed by atoms with Gasteiger partial charge in [0.25, 0.3) is 5.91 Å². The van der Waals surface area contributed by atoms with Gasteiger partial charge in [0.15, 0.2) is 0 Å². The Kier molecular flexibility index (Phi) is 5.61. The number of para-hydroxylation sites is 1. The summed E-state index contributed by atoms with van der Waals surface area (Å²) in [4.78, 5) is 25.2. The van der Waals surface area contributed by atoms with Crippen LogP contribution in [-0.2, 0) is 11.3 Å². The van der Waals surface area contributed by atoms with E-state index >= 15 is 0 Å². The Balaban J connectivity index is 1.58. The maximum atomic E-state index is 12.9. The van der Waals surface area contributed by atoms with Gasteiger partial charge in [0.05, 0.1) is 11.3 Å². The molecule has 0 unspecified atom stereocenters. The second-order valence-electron chi connectivity index (χ2n) is 7.18. The van der Waals surface area contributed by atoms with Crippen molar-refractivity contribution in [3.63, 3.8) is 0 Å². The molecule has 7 heteroatoms. The van der Waals surface area contributed by atoms with Crippen LogP contribution in [0.5, 0.6) is 5.75 Å². The van der Waals surface area contributed by atoms with Gasteiger partial charge in [-0.25, -0.2) is 0 Å². The van der Waals surface area contributed by atoms with E-state index in [0.717, 1.165) is 23.6 Å². The minimum atomic E-state index is -2.95. The van der Waals surface area contributed by atoms with Crippen LogP contribution in [0, 0.1) is 5.92 Å². The standard InChI is InChI=1S/C23H20F2N2O3/c24-23(25)30-20-8-4-3-7-17(20)13-26-22(29)18-11-15-5-1-2-6-16(15)12-19(18)27-21(28)14-9-10-14/h1-8,11-12,14,23H,9-10,13H2,(H,26,29)(H,27,28). The van der Waals surface area contributed by atoms with Gasteiger partial charge in [0.1, 0.15) is 5.75 Å². The summed E-state index contributed by atoms with van der Waals surface area (Å²) in [5.74, 6) is -0.520. The molecule has 0 saturated heterocycles. The van der Waals surface area contributed by atoms with Crippen molar-refractivity contribution in [2.45, 2.75) is 26.0 Å². The number of amides is 2. The van der Waals surface area contributed by atoms with Gasteiger partial charge in [-0.3, -0.25) is 9.59 Å². The first-order chi connectivity index (χ1) is 14.5. The molecule has 3 aromatic rings. The fourth-order valence-corrected chi connectivity index (χ4v) is 3.24. The molecule has 154 valence electrons. The summed E-state index contributed by atoms with van der Waals surface area (Å²) in [6.07, 6.45) is 1.70. The summed E-state index contributed by atoms with van der Waals surface area (Å²) in [7, 11) is 0. The third kappa shape index (κ3) is 4.56. The van der Waals surface area contributed by atoms with Crippen LogP contribution in [0.15, 0.2) is 60.7 Å². The van der Waals surface area contributed by atoms with Crippen molar-refractivity contribution in [1.82, 2.24) is 5.32 Å². The summed E-state index contributed by atoms with van der Waals surface area (Å²) in [6, 6.07) is 17.3. The van der Waals surface area contributed by atoms with E-state index in [0.29, 0.717) is 16.8 Å². The van der Waals surface area contributed by atoms with Gasteiger partial charge >= 0.3 is 6.61 Å². The van der Waals surface area contributed by atoms with Crippen LogP contribution in [-0.4, -0.2) is 18.4 Å². The summed E-state index contributed by atoms with van der Waals surface area (Å²) in [5.41, 5.74) is 1.17. The van der Waals surface area contributed by atoms with Gasteiger partial charge in [-0.2, -0.15) is 8.78 Å². The number of hydrogen-bond donors (Lipinski definition) is 2. The van der Waals surface area contributed by atoms with Crippen LogP contribution in [0.25, 0.3) is 10.8 Å². The molecular weight excluding hydrogens is 390 g/mol. The zero-order chi connectivity index (χ0) is 21.1. The molecule has 2 amide bonds. The molecule has 2 N–H and O–H groups in total. The van der Waals surface area contributed by atoms with E-state index in [1.54, 1.807) is 30.3 Å². The molecule has 0 aliphatic heterocycles. The van der Waals surface area contributed by atoms with E-state index in [9.17, 15) is 18.4 Å². The SMILES string of the molecule is O=C(NCc1ccccc1OC(F)F)c1cc2ccccc2cc1NC(=O)C1CC1. The quantitative estimate of drug-likeness (QED) is 0.592. The minimum absolute atomic E-state index is 0.00453. The highest BCUT2D eigenvalue weighted by atomic mass is 19.3. The Labute approximate surface area is 172 Å². The number of fused-ring (bicyclic) bond motifs is 1. The smallest absolute Gasteiger partial charge is 0.387 e. The molecule has 5 nitrogen and oxygen atoms in total.